The van der Waals surface area contributed by atoms with Crippen molar-refractivity contribution in [1.29, 1.82) is 0 Å². The molecule has 2 aromatic rings. The molecule has 1 aromatic heterocycles. The summed E-state index contributed by atoms with van der Waals surface area (Å²) >= 11 is 0. The largest absolute Gasteiger partial charge is 0.281 e. The molecular formula is C12H14FN3O2S. The summed E-state index contributed by atoms with van der Waals surface area (Å²) in [5.41, 5.74) is 0.748. The average Bonchev–Trinajstić information content (AvgIpc) is 2.77. The minimum Gasteiger partial charge on any atom is -0.281 e. The van der Waals surface area contributed by atoms with Crippen molar-refractivity contribution < 1.29 is 12.8 Å². The number of anilines is 1. The lowest BCUT2D eigenvalue weighted by Crippen LogP contribution is -2.31. The van der Waals surface area contributed by atoms with Gasteiger partial charge in [0.15, 0.2) is 0 Å². The van der Waals surface area contributed by atoms with Gasteiger partial charge in [0, 0.05) is 6.54 Å². The lowest BCUT2D eigenvalue weighted by Gasteiger charge is -2.22. The number of hydrogen-bond acceptors (Lipinski definition) is 3. The maximum atomic E-state index is 13.2. The zero-order valence-electron chi connectivity index (χ0n) is 10.6. The molecule has 2 rings (SSSR count). The molecule has 102 valence electrons. The number of benzene rings is 1. The van der Waals surface area contributed by atoms with Crippen LogP contribution in [0.1, 0.15) is 12.6 Å². The number of rotatable bonds is 4. The highest BCUT2D eigenvalue weighted by atomic mass is 32.2. The summed E-state index contributed by atoms with van der Waals surface area (Å²) in [7, 11) is -3.74. The number of aromatic nitrogens is 2. The van der Waals surface area contributed by atoms with Gasteiger partial charge in [-0.2, -0.15) is 5.10 Å². The molecular weight excluding hydrogens is 269 g/mol. The van der Waals surface area contributed by atoms with Crippen LogP contribution >= 0.6 is 0 Å². The molecule has 0 amide bonds. The highest BCUT2D eigenvalue weighted by Crippen LogP contribution is 2.24. The Morgan fingerprint density at radius 2 is 2.16 bits per heavy atom. The van der Waals surface area contributed by atoms with Gasteiger partial charge in [0.1, 0.15) is 10.7 Å². The van der Waals surface area contributed by atoms with E-state index in [0.29, 0.717) is 11.4 Å². The SMILES string of the molecule is CCN(c1cccc(F)c1)S(=O)(=O)c1cn[nH]c1C. The number of aryl methyl sites for hydroxylation is 1. The zero-order valence-corrected chi connectivity index (χ0v) is 11.4. The Kier molecular flexibility index (Phi) is 3.57. The minimum atomic E-state index is -3.74. The first-order chi connectivity index (χ1) is 8.96. The Balaban J connectivity index is 2.51. The van der Waals surface area contributed by atoms with Crippen molar-refractivity contribution >= 4 is 15.7 Å². The van der Waals surface area contributed by atoms with E-state index in [2.05, 4.69) is 10.2 Å². The van der Waals surface area contributed by atoms with Gasteiger partial charge in [-0.05, 0) is 32.0 Å². The van der Waals surface area contributed by atoms with Crippen molar-refractivity contribution in [1.82, 2.24) is 10.2 Å². The minimum absolute atomic E-state index is 0.0959. The van der Waals surface area contributed by atoms with Crippen LogP contribution in [-0.2, 0) is 10.0 Å². The fraction of sp³-hybridized carbons (Fsp3) is 0.250. The van der Waals surface area contributed by atoms with Crippen molar-refractivity contribution in [3.8, 4) is 0 Å². The van der Waals surface area contributed by atoms with E-state index in [4.69, 9.17) is 0 Å². The topological polar surface area (TPSA) is 66.1 Å². The summed E-state index contributed by atoms with van der Waals surface area (Å²) in [6.45, 7) is 3.52. The van der Waals surface area contributed by atoms with Gasteiger partial charge in [0.05, 0.1) is 17.6 Å². The van der Waals surface area contributed by atoms with E-state index < -0.39 is 15.8 Å². The molecule has 0 unspecified atom stereocenters. The maximum absolute atomic E-state index is 13.2. The quantitative estimate of drug-likeness (QED) is 0.934. The standard InChI is InChI=1S/C12H14FN3O2S/c1-3-16(11-6-4-5-10(13)7-11)19(17,18)12-8-14-15-9(12)2/h4-8H,3H2,1-2H3,(H,14,15). The highest BCUT2D eigenvalue weighted by molar-refractivity contribution is 7.92. The molecule has 1 N–H and O–H groups in total. The summed E-state index contributed by atoms with van der Waals surface area (Å²) in [6.07, 6.45) is 1.26. The summed E-state index contributed by atoms with van der Waals surface area (Å²) in [4.78, 5) is 0.0959. The molecule has 1 heterocycles. The molecule has 0 bridgehead atoms. The molecule has 0 aliphatic rings. The van der Waals surface area contributed by atoms with Crippen molar-refractivity contribution in [2.24, 2.45) is 0 Å². The van der Waals surface area contributed by atoms with Gasteiger partial charge in [-0.25, -0.2) is 12.8 Å². The van der Waals surface area contributed by atoms with Gasteiger partial charge < -0.3 is 0 Å². The van der Waals surface area contributed by atoms with Gasteiger partial charge in [0.2, 0.25) is 0 Å². The summed E-state index contributed by atoms with van der Waals surface area (Å²) in [6, 6.07) is 5.49. The molecule has 0 saturated carbocycles. The molecule has 5 nitrogen and oxygen atoms in total. The van der Waals surface area contributed by atoms with Crippen LogP contribution < -0.4 is 4.31 Å². The van der Waals surface area contributed by atoms with E-state index in [9.17, 15) is 12.8 Å². The van der Waals surface area contributed by atoms with E-state index in [0.717, 1.165) is 4.31 Å². The normalized spacial score (nSPS) is 11.5. The monoisotopic (exact) mass is 283 g/mol. The van der Waals surface area contributed by atoms with Gasteiger partial charge in [-0.15, -0.1) is 0 Å². The van der Waals surface area contributed by atoms with E-state index in [-0.39, 0.29) is 11.4 Å². The van der Waals surface area contributed by atoms with Crippen LogP contribution in [0, 0.1) is 12.7 Å². The highest BCUT2D eigenvalue weighted by Gasteiger charge is 2.26. The molecule has 0 fully saturated rings. The number of nitrogens with zero attached hydrogens (tertiary/aromatic N) is 2. The van der Waals surface area contributed by atoms with Crippen LogP contribution in [0.5, 0.6) is 0 Å². The first-order valence-electron chi connectivity index (χ1n) is 5.75. The van der Waals surface area contributed by atoms with Crippen LogP contribution in [0.25, 0.3) is 0 Å². The summed E-state index contributed by atoms with van der Waals surface area (Å²) < 4.78 is 39.4. The third-order valence-electron chi connectivity index (χ3n) is 2.74. The first-order valence-corrected chi connectivity index (χ1v) is 7.19. The molecule has 0 spiro atoms. The Labute approximate surface area is 111 Å². The Bertz CT molecular complexity index is 682. The van der Waals surface area contributed by atoms with E-state index in [1.54, 1.807) is 19.9 Å². The van der Waals surface area contributed by atoms with Gasteiger partial charge in [0.25, 0.3) is 10.0 Å². The first kappa shape index (κ1) is 13.5. The number of halogens is 1. The molecule has 1 aromatic carbocycles. The number of sulfonamides is 1. The van der Waals surface area contributed by atoms with E-state index in [1.807, 2.05) is 0 Å². The van der Waals surface area contributed by atoms with Gasteiger partial charge in [-0.3, -0.25) is 9.40 Å². The molecule has 0 saturated heterocycles. The second kappa shape index (κ2) is 5.00. The van der Waals surface area contributed by atoms with Crippen LogP contribution in [0.15, 0.2) is 35.4 Å². The fourth-order valence-electron chi connectivity index (χ4n) is 1.84. The smallest absolute Gasteiger partial charge is 0.267 e. The van der Waals surface area contributed by atoms with Crippen molar-refractivity contribution in [3.05, 3.63) is 42.0 Å². The predicted molar refractivity (Wildman–Crippen MR) is 69.9 cm³/mol. The number of nitrogens with one attached hydrogen (secondary N) is 1. The van der Waals surface area contributed by atoms with Crippen molar-refractivity contribution in [2.75, 3.05) is 10.8 Å². The molecule has 0 aliphatic heterocycles. The summed E-state index contributed by atoms with van der Waals surface area (Å²) in [5, 5.41) is 6.30. The van der Waals surface area contributed by atoms with Gasteiger partial charge >= 0.3 is 0 Å². The second-order valence-corrected chi connectivity index (χ2v) is 5.84. The predicted octanol–water partition coefficient (Wildman–Crippen LogP) is 2.07. The number of aromatic amines is 1. The van der Waals surface area contributed by atoms with Crippen molar-refractivity contribution in [2.45, 2.75) is 18.7 Å². The van der Waals surface area contributed by atoms with E-state index >= 15 is 0 Å². The molecule has 0 atom stereocenters. The Morgan fingerprint density at radius 3 is 2.68 bits per heavy atom. The average molecular weight is 283 g/mol. The second-order valence-electron chi connectivity index (χ2n) is 4.01. The molecule has 0 aliphatic carbocycles. The van der Waals surface area contributed by atoms with Crippen LogP contribution in [0.4, 0.5) is 10.1 Å². The van der Waals surface area contributed by atoms with E-state index in [1.165, 1.54) is 24.4 Å². The Morgan fingerprint density at radius 1 is 1.42 bits per heavy atom. The molecule has 7 heteroatoms. The molecule has 0 radical (unpaired) electrons. The van der Waals surface area contributed by atoms with Crippen LogP contribution in [0.3, 0.4) is 0 Å². The maximum Gasteiger partial charge on any atom is 0.267 e. The third-order valence-corrected chi connectivity index (χ3v) is 4.75. The fourth-order valence-corrected chi connectivity index (χ4v) is 3.43. The van der Waals surface area contributed by atoms with Crippen molar-refractivity contribution in [3.63, 3.8) is 0 Å². The lowest BCUT2D eigenvalue weighted by atomic mass is 10.3. The lowest BCUT2D eigenvalue weighted by molar-refractivity contribution is 0.591. The van der Waals surface area contributed by atoms with Gasteiger partial charge in [-0.1, -0.05) is 6.07 Å². The number of hydrogen-bond donors (Lipinski definition) is 1. The summed E-state index contributed by atoms with van der Waals surface area (Å²) in [5.74, 6) is -0.477. The third kappa shape index (κ3) is 2.46. The number of H-pyrrole nitrogens is 1. The van der Waals surface area contributed by atoms with Crippen LogP contribution in [-0.4, -0.2) is 25.2 Å². The molecule has 19 heavy (non-hydrogen) atoms. The van der Waals surface area contributed by atoms with Crippen LogP contribution in [0.2, 0.25) is 0 Å². The zero-order chi connectivity index (χ0) is 14.0. The Hall–Kier alpha value is -1.89.